The third-order valence-corrected chi connectivity index (χ3v) is 7.05. The van der Waals surface area contributed by atoms with E-state index in [0.29, 0.717) is 8.21 Å². The van der Waals surface area contributed by atoms with Crippen LogP contribution in [0.1, 0.15) is 11.1 Å². The van der Waals surface area contributed by atoms with Crippen LogP contribution in [-0.2, 0) is 0 Å². The number of hydrogen-bond acceptors (Lipinski definition) is 2. The molecule has 3 rings (SSSR count). The minimum Gasteiger partial charge on any atom is -0.360 e. The fraction of sp³-hybridized carbons (Fsp3) is 0.143. The van der Waals surface area contributed by atoms with E-state index in [1.54, 1.807) is 11.8 Å². The van der Waals surface area contributed by atoms with Crippen LogP contribution in [0.15, 0.2) is 33.2 Å². The van der Waals surface area contributed by atoms with Crippen LogP contribution < -0.4 is 0 Å². The van der Waals surface area contributed by atoms with Gasteiger partial charge >= 0.3 is 0 Å². The fourth-order valence-electron chi connectivity index (χ4n) is 2.23. The Balaban J connectivity index is 2.27. The average Bonchev–Trinajstić information content (AvgIpc) is 2.85. The molecule has 0 amide bonds. The van der Waals surface area contributed by atoms with E-state index in [1.165, 1.54) is 10.5 Å². The van der Waals surface area contributed by atoms with Crippen molar-refractivity contribution in [3.8, 4) is 0 Å². The molecule has 0 saturated carbocycles. The van der Waals surface area contributed by atoms with Crippen LogP contribution in [-0.4, -0.2) is 18.4 Å². The van der Waals surface area contributed by atoms with Crippen LogP contribution in [0.5, 0.6) is 0 Å². The summed E-state index contributed by atoms with van der Waals surface area (Å²) in [5.74, 6) is 0. The van der Waals surface area contributed by atoms with Crippen molar-refractivity contribution in [2.75, 3.05) is 6.26 Å². The van der Waals surface area contributed by atoms with Crippen molar-refractivity contribution < 1.29 is 0 Å². The smallest absolute Gasteiger partial charge is 0.161 e. The maximum atomic E-state index is 6.31. The van der Waals surface area contributed by atoms with Gasteiger partial charge in [0.15, 0.2) is 3.18 Å². The van der Waals surface area contributed by atoms with Crippen LogP contribution in [0.3, 0.4) is 0 Å². The van der Waals surface area contributed by atoms with Gasteiger partial charge in [0, 0.05) is 22.0 Å². The minimum atomic E-state index is -0.365. The molecule has 0 atom stereocenters. The number of H-pyrrole nitrogens is 1. The Morgan fingerprint density at radius 1 is 1.30 bits per heavy atom. The maximum absolute atomic E-state index is 6.31. The zero-order valence-corrected chi connectivity index (χ0v) is 15.3. The van der Waals surface area contributed by atoms with E-state index in [2.05, 4.69) is 35.3 Å². The Hall–Kier alpha value is -0.300. The quantitative estimate of drug-likeness (QED) is 0.489. The summed E-state index contributed by atoms with van der Waals surface area (Å²) < 4.78 is 2.68. The van der Waals surface area contributed by atoms with Gasteiger partial charge in [0.1, 0.15) is 0 Å². The monoisotopic (exact) mass is 436 g/mol. The second-order valence-corrected chi connectivity index (χ2v) is 8.79. The molecule has 104 valence electrons. The molecule has 2 aromatic rings. The van der Waals surface area contributed by atoms with Gasteiger partial charge in [-0.3, -0.25) is 0 Å². The summed E-state index contributed by atoms with van der Waals surface area (Å²) in [6, 6.07) is 4.24. The largest absolute Gasteiger partial charge is 0.360 e. The third-order valence-electron chi connectivity index (χ3n) is 3.13. The molecule has 2 nitrogen and oxygen atoms in total. The third kappa shape index (κ3) is 2.47. The Labute approximate surface area is 141 Å². The van der Waals surface area contributed by atoms with E-state index in [-0.39, 0.29) is 20.7 Å². The second kappa shape index (κ2) is 5.83. The highest BCUT2D eigenvalue weighted by molar-refractivity contribution is 14.2. The van der Waals surface area contributed by atoms with Gasteiger partial charge in [-0.15, -0.1) is 11.8 Å². The summed E-state index contributed by atoms with van der Waals surface area (Å²) in [4.78, 5) is 9.06. The van der Waals surface area contributed by atoms with Crippen LogP contribution >= 0.6 is 55.7 Å². The molecule has 2 heterocycles. The molecule has 1 N–H and O–H groups in total. The number of rotatable bonds is 2. The van der Waals surface area contributed by atoms with Gasteiger partial charge < -0.3 is 4.98 Å². The van der Waals surface area contributed by atoms with Crippen molar-refractivity contribution in [1.29, 1.82) is 0 Å². The van der Waals surface area contributed by atoms with Crippen molar-refractivity contribution in [2.24, 2.45) is 4.99 Å². The number of halogens is 3. The first-order valence-corrected chi connectivity index (χ1v) is 10.2. The Bertz CT molecular complexity index is 790. The van der Waals surface area contributed by atoms with E-state index in [0.717, 1.165) is 22.2 Å². The van der Waals surface area contributed by atoms with Gasteiger partial charge in [-0.05, 0) is 43.5 Å². The van der Waals surface area contributed by atoms with Gasteiger partial charge in [0.05, 0.1) is 16.2 Å². The molecule has 6 heteroatoms. The lowest BCUT2D eigenvalue weighted by atomic mass is 10.1. The summed E-state index contributed by atoms with van der Waals surface area (Å²) in [7, 11) is 0. The molecule has 0 spiro atoms. The molecule has 1 aromatic carbocycles. The summed E-state index contributed by atoms with van der Waals surface area (Å²) in [6.07, 6.45) is 4.05. The molecule has 0 bridgehead atoms. The van der Waals surface area contributed by atoms with Gasteiger partial charge in [-0.1, -0.05) is 35.3 Å². The standard InChI is InChI=1S/C14H11Cl2IN2S/c1-7-3-4-8-9(6-18-12(8)13(7)20-2)11-10(15)5-17-14(16)19-11/h3-6,18H,1-2H3. The molecular formula is C14H11Cl2IN2S. The summed E-state index contributed by atoms with van der Waals surface area (Å²) in [5, 5.41) is 1.84. The number of aliphatic imine (C=N–C) groups is 1. The first-order chi connectivity index (χ1) is 9.61. The SMILES string of the molecule is CSc1c(C)ccc2c(C3=C(Cl)C=IC(Cl)=N3)c[nH]c12. The highest BCUT2D eigenvalue weighted by Gasteiger charge is 2.16. The predicted octanol–water partition coefficient (Wildman–Crippen LogP) is 5.49. The number of aromatic amines is 1. The van der Waals surface area contributed by atoms with Crippen LogP contribution in [0.25, 0.3) is 16.6 Å². The highest BCUT2D eigenvalue weighted by Crippen LogP contribution is 2.37. The van der Waals surface area contributed by atoms with Crippen molar-refractivity contribution in [2.45, 2.75) is 11.8 Å². The molecule has 1 aliphatic heterocycles. The predicted molar refractivity (Wildman–Crippen MR) is 101 cm³/mol. The number of aromatic nitrogens is 1. The first-order valence-electron chi connectivity index (χ1n) is 5.87. The van der Waals surface area contributed by atoms with Crippen LogP contribution in [0.4, 0.5) is 0 Å². The van der Waals surface area contributed by atoms with E-state index in [1.807, 2.05) is 10.2 Å². The minimum absolute atomic E-state index is 0.365. The fourth-order valence-corrected chi connectivity index (χ4v) is 4.98. The summed E-state index contributed by atoms with van der Waals surface area (Å²) in [5.41, 5.74) is 4.18. The first kappa shape index (κ1) is 14.6. The number of aryl methyl sites for hydroxylation is 1. The maximum Gasteiger partial charge on any atom is 0.161 e. The molecule has 1 aromatic heterocycles. The number of allylic oxidation sites excluding steroid dienone is 1. The number of nitrogens with one attached hydrogen (secondary N) is 1. The van der Waals surface area contributed by atoms with Gasteiger partial charge in [-0.2, -0.15) is 0 Å². The Kier molecular flexibility index (Phi) is 4.26. The Morgan fingerprint density at radius 2 is 2.10 bits per heavy atom. The molecule has 1 aliphatic rings. The molecule has 0 radical (unpaired) electrons. The van der Waals surface area contributed by atoms with Gasteiger partial charge in [0.2, 0.25) is 0 Å². The van der Waals surface area contributed by atoms with E-state index < -0.39 is 0 Å². The molecule has 0 aliphatic carbocycles. The number of hydrogen-bond donors (Lipinski definition) is 1. The lowest BCUT2D eigenvalue weighted by molar-refractivity contribution is 1.31. The second-order valence-electron chi connectivity index (χ2n) is 4.31. The number of benzene rings is 1. The van der Waals surface area contributed by atoms with Crippen molar-refractivity contribution >= 4 is 79.5 Å². The van der Waals surface area contributed by atoms with Gasteiger partial charge in [0.25, 0.3) is 0 Å². The normalized spacial score (nSPS) is 15.5. The zero-order valence-electron chi connectivity index (χ0n) is 10.8. The summed E-state index contributed by atoms with van der Waals surface area (Å²) >= 11 is 13.8. The molecule has 0 saturated heterocycles. The molecular weight excluding hydrogens is 426 g/mol. The van der Waals surface area contributed by atoms with Gasteiger partial charge in [-0.25, -0.2) is 4.99 Å². The van der Waals surface area contributed by atoms with E-state index in [9.17, 15) is 0 Å². The Morgan fingerprint density at radius 3 is 2.85 bits per heavy atom. The van der Waals surface area contributed by atoms with Crippen LogP contribution in [0, 0.1) is 6.92 Å². The number of nitrogens with zero attached hydrogens (tertiary/aromatic N) is 1. The molecule has 0 unspecified atom stereocenters. The highest BCUT2D eigenvalue weighted by atomic mass is 127. The van der Waals surface area contributed by atoms with Crippen molar-refractivity contribution in [3.05, 3.63) is 34.5 Å². The lowest BCUT2D eigenvalue weighted by Crippen LogP contribution is -1.91. The lowest BCUT2D eigenvalue weighted by Gasteiger charge is -2.08. The summed E-state index contributed by atoms with van der Waals surface area (Å²) in [6.45, 7) is 2.12. The zero-order chi connectivity index (χ0) is 14.3. The number of fused-ring (bicyclic) bond motifs is 1. The van der Waals surface area contributed by atoms with Crippen molar-refractivity contribution in [1.82, 2.24) is 4.98 Å². The topological polar surface area (TPSA) is 28.1 Å². The van der Waals surface area contributed by atoms with E-state index in [4.69, 9.17) is 23.2 Å². The van der Waals surface area contributed by atoms with Crippen LogP contribution in [0.2, 0.25) is 0 Å². The molecule has 20 heavy (non-hydrogen) atoms. The average molecular weight is 437 g/mol. The van der Waals surface area contributed by atoms with E-state index >= 15 is 0 Å². The molecule has 0 fully saturated rings. The number of thioether (sulfide) groups is 1. The van der Waals surface area contributed by atoms with Crippen molar-refractivity contribution in [3.63, 3.8) is 0 Å².